The quantitative estimate of drug-likeness (QED) is 0.0170. The van der Waals surface area contributed by atoms with E-state index in [9.17, 15) is 55.4 Å². The molecule has 384 valence electrons. The fraction of sp³-hybridized carbons (Fsp3) is 1.00. The van der Waals surface area contributed by atoms with Crippen LogP contribution in [0.4, 0.5) is 0 Å². The van der Waals surface area contributed by atoms with Crippen molar-refractivity contribution in [3.63, 3.8) is 0 Å². The van der Waals surface area contributed by atoms with Gasteiger partial charge in [0.25, 0.3) is 7.37 Å². The molecule has 0 aliphatic carbocycles. The molecule has 13 atom stereocenters. The Morgan fingerprint density at radius 2 is 0.984 bits per heavy atom. The summed E-state index contributed by atoms with van der Waals surface area (Å²) in [6, 6.07) is 0. The second-order valence-electron chi connectivity index (χ2n) is 18.6. The van der Waals surface area contributed by atoms with E-state index in [0.29, 0.717) is 25.7 Å². The van der Waals surface area contributed by atoms with Crippen LogP contribution in [0, 0.1) is 0 Å². The van der Waals surface area contributed by atoms with Gasteiger partial charge in [-0.3, -0.25) is 9.88 Å². The molecule has 13 unspecified atom stereocenters. The summed E-state index contributed by atoms with van der Waals surface area (Å²) >= 11 is 0. The highest BCUT2D eigenvalue weighted by molar-refractivity contribution is 7.59. The van der Waals surface area contributed by atoms with Crippen LogP contribution in [0.25, 0.3) is 0 Å². The maximum atomic E-state index is 14.3. The molecular formula is C48H98NO14P. The molecule has 16 heteroatoms. The molecule has 11 N–H and O–H groups in total. The maximum absolute atomic E-state index is 14.3. The average molecular weight is 944 g/mol. The molecule has 0 bridgehead atoms. The third-order valence-electron chi connectivity index (χ3n) is 12.8. The van der Waals surface area contributed by atoms with E-state index in [1.165, 1.54) is 83.5 Å². The molecule has 0 spiro atoms. The first kappa shape index (κ1) is 61.7. The Morgan fingerprint density at radius 3 is 1.42 bits per heavy atom. The van der Waals surface area contributed by atoms with Crippen molar-refractivity contribution in [2.24, 2.45) is 0 Å². The van der Waals surface area contributed by atoms with Crippen LogP contribution in [0.15, 0.2) is 0 Å². The second-order valence-corrected chi connectivity index (χ2v) is 21.1. The minimum absolute atomic E-state index is 0.186. The minimum Gasteiger partial charge on any atom is -0.394 e. The Morgan fingerprint density at radius 1 is 0.562 bits per heavy atom. The number of rotatable bonds is 44. The summed E-state index contributed by atoms with van der Waals surface area (Å²) in [4.78, 5) is 11.7. The molecule has 15 nitrogen and oxygen atoms in total. The van der Waals surface area contributed by atoms with Crippen molar-refractivity contribution in [2.75, 3.05) is 19.8 Å². The Balaban J connectivity index is 3.16. The lowest BCUT2D eigenvalue weighted by molar-refractivity contribution is -0.327. The molecule has 1 aliphatic heterocycles. The number of hydrogen-bond donors (Lipinski definition) is 11. The van der Waals surface area contributed by atoms with Crippen LogP contribution in [0.5, 0.6) is 0 Å². The topological polar surface area (TPSA) is 259 Å². The third kappa shape index (κ3) is 25.9. The largest absolute Gasteiger partial charge is 0.394 e. The van der Waals surface area contributed by atoms with Gasteiger partial charge in [0.05, 0.1) is 19.3 Å². The van der Waals surface area contributed by atoms with Gasteiger partial charge < -0.3 is 65.1 Å². The van der Waals surface area contributed by atoms with Crippen molar-refractivity contribution in [2.45, 2.75) is 286 Å². The van der Waals surface area contributed by atoms with Gasteiger partial charge in [0, 0.05) is 6.54 Å². The monoisotopic (exact) mass is 944 g/mol. The summed E-state index contributed by atoms with van der Waals surface area (Å²) in [7, 11) is -4.30. The molecule has 1 rings (SSSR count). The normalized spacial score (nSPS) is 23.6. The van der Waals surface area contributed by atoms with Crippen LogP contribution in [-0.4, -0.2) is 144 Å². The molecule has 1 aliphatic rings. The summed E-state index contributed by atoms with van der Waals surface area (Å²) in [5.41, 5.74) is 0. The van der Waals surface area contributed by atoms with Gasteiger partial charge in [-0.2, -0.15) is 0 Å². The molecule has 0 aromatic rings. The molecule has 64 heavy (non-hydrogen) atoms. The van der Waals surface area contributed by atoms with Gasteiger partial charge in [0.1, 0.15) is 60.6 Å². The van der Waals surface area contributed by atoms with Gasteiger partial charge in [-0.15, -0.1) is 0 Å². The number of ether oxygens (including phenoxy) is 3. The molecule has 0 amide bonds. The maximum Gasteiger partial charge on any atom is 0.256 e. The van der Waals surface area contributed by atoms with E-state index in [1.54, 1.807) is 0 Å². The molecule has 1 saturated heterocycles. The van der Waals surface area contributed by atoms with Crippen LogP contribution in [0.1, 0.15) is 213 Å². The zero-order chi connectivity index (χ0) is 47.6. The van der Waals surface area contributed by atoms with Gasteiger partial charge in [-0.25, -0.2) is 0 Å². The van der Waals surface area contributed by atoms with Gasteiger partial charge in [-0.05, 0) is 25.7 Å². The van der Waals surface area contributed by atoms with Crippen LogP contribution in [0.3, 0.4) is 0 Å². The number of aliphatic hydroxyl groups is 9. The smallest absolute Gasteiger partial charge is 0.256 e. The summed E-state index contributed by atoms with van der Waals surface area (Å²) in [5, 5.41) is 98.0. The SMILES string of the molecule is CCCCCCCCCCCC(NCC(O)C(O)C(OC1OC(CO)C(O)C(O)C1O)C(O)CO)OC(CCCCCCCCCCC)P(=O)(O)C(O)CCCCCCCCCCC. The summed E-state index contributed by atoms with van der Waals surface area (Å²) in [5.74, 6) is -2.64. The molecule has 0 radical (unpaired) electrons. The number of nitrogens with one attached hydrogen (secondary N) is 1. The first-order valence-electron chi connectivity index (χ1n) is 25.8. The van der Waals surface area contributed by atoms with E-state index in [0.717, 1.165) is 70.6 Å². The minimum atomic E-state index is -4.30. The van der Waals surface area contributed by atoms with Crippen LogP contribution < -0.4 is 5.32 Å². The van der Waals surface area contributed by atoms with Crippen molar-refractivity contribution in [3.05, 3.63) is 0 Å². The first-order chi connectivity index (χ1) is 30.8. The van der Waals surface area contributed by atoms with E-state index in [-0.39, 0.29) is 19.4 Å². The Hall–Kier alpha value is -0.330. The molecule has 1 heterocycles. The third-order valence-corrected chi connectivity index (χ3v) is 15.2. The molecule has 0 aromatic heterocycles. The highest BCUT2D eigenvalue weighted by Gasteiger charge is 2.47. The molecule has 1 fully saturated rings. The van der Waals surface area contributed by atoms with Gasteiger partial charge >= 0.3 is 0 Å². The van der Waals surface area contributed by atoms with E-state index in [4.69, 9.17) is 14.2 Å². The highest BCUT2D eigenvalue weighted by atomic mass is 31.2. The van der Waals surface area contributed by atoms with Gasteiger partial charge in [0.15, 0.2) is 6.29 Å². The van der Waals surface area contributed by atoms with Crippen LogP contribution in [-0.2, 0) is 18.8 Å². The lowest BCUT2D eigenvalue weighted by Gasteiger charge is -2.42. The van der Waals surface area contributed by atoms with Crippen molar-refractivity contribution >= 4 is 7.37 Å². The van der Waals surface area contributed by atoms with E-state index in [1.807, 2.05) is 0 Å². The number of unbranched alkanes of at least 4 members (excludes halogenated alkanes) is 24. The summed E-state index contributed by atoms with van der Waals surface area (Å²) < 4.78 is 31.7. The average Bonchev–Trinajstić information content (AvgIpc) is 3.29. The zero-order valence-corrected chi connectivity index (χ0v) is 41.2. The Labute approximate surface area is 387 Å². The summed E-state index contributed by atoms with van der Waals surface area (Å²) in [6.07, 6.45) is 13.3. The number of aliphatic hydroxyl groups excluding tert-OH is 9. The van der Waals surface area contributed by atoms with Crippen LogP contribution >= 0.6 is 7.37 Å². The fourth-order valence-corrected chi connectivity index (χ4v) is 10.3. The van der Waals surface area contributed by atoms with Crippen molar-refractivity contribution < 1.29 is 69.6 Å². The molecule has 0 saturated carbocycles. The lowest BCUT2D eigenvalue weighted by Crippen LogP contribution is -2.61. The lowest BCUT2D eigenvalue weighted by atomic mass is 9.98. The Kier molecular flexibility index (Phi) is 37.1. The standard InChI is InChI=1S/C48H98NO14P/c1-4-7-10-13-16-19-22-25-28-31-40(49-34-37(52)43(55)47(38(53)35-50)63-48-46(58)45(57)44(56)39(36-51)61-48)62-42(33-30-27-24-21-18-15-12-9-6-3)64(59,60)41(54)32-29-26-23-20-17-14-11-8-5-2/h37-58H,4-36H2,1-3H3,(H,59,60). The van der Waals surface area contributed by atoms with Gasteiger partial charge in [-0.1, -0.05) is 188 Å². The molecule has 0 aromatic carbocycles. The van der Waals surface area contributed by atoms with E-state index >= 15 is 0 Å². The highest BCUT2D eigenvalue weighted by Crippen LogP contribution is 2.54. The predicted octanol–water partition coefficient (Wildman–Crippen LogP) is 6.86. The summed E-state index contributed by atoms with van der Waals surface area (Å²) in [6.45, 7) is 4.57. The van der Waals surface area contributed by atoms with Crippen LogP contribution in [0.2, 0.25) is 0 Å². The van der Waals surface area contributed by atoms with Crippen molar-refractivity contribution in [3.8, 4) is 0 Å². The van der Waals surface area contributed by atoms with Crippen molar-refractivity contribution in [1.29, 1.82) is 0 Å². The van der Waals surface area contributed by atoms with Crippen molar-refractivity contribution in [1.82, 2.24) is 5.32 Å². The zero-order valence-electron chi connectivity index (χ0n) is 40.3. The van der Waals surface area contributed by atoms with Gasteiger partial charge in [0.2, 0.25) is 0 Å². The second kappa shape index (κ2) is 38.5. The van der Waals surface area contributed by atoms with E-state index in [2.05, 4.69) is 26.1 Å². The number of hydrogen-bond acceptors (Lipinski definition) is 14. The van der Waals surface area contributed by atoms with E-state index < -0.39 is 93.6 Å². The first-order valence-corrected chi connectivity index (χ1v) is 27.6. The fourth-order valence-electron chi connectivity index (χ4n) is 8.46. The molecular weight excluding hydrogens is 845 g/mol. The Bertz CT molecular complexity index is 1110. The predicted molar refractivity (Wildman–Crippen MR) is 252 cm³/mol.